The Kier molecular flexibility index (Phi) is 4.67. The normalized spacial score (nSPS) is 15.3. The first-order valence-corrected chi connectivity index (χ1v) is 8.02. The van der Waals surface area contributed by atoms with Crippen LogP contribution in [0.25, 0.3) is 10.9 Å². The molecular weight excluding hydrogens is 358 g/mol. The molecule has 1 aliphatic rings. The van der Waals surface area contributed by atoms with Gasteiger partial charge in [-0.2, -0.15) is 0 Å². The molecule has 2 heterocycles. The summed E-state index contributed by atoms with van der Waals surface area (Å²) in [7, 11) is 0. The summed E-state index contributed by atoms with van der Waals surface area (Å²) in [5.41, 5.74) is 1.54. The van der Waals surface area contributed by atoms with E-state index in [-0.39, 0.29) is 24.0 Å². The largest absolute Gasteiger partial charge is 0.482 e. The van der Waals surface area contributed by atoms with Gasteiger partial charge in [0.25, 0.3) is 0 Å². The predicted molar refractivity (Wildman–Crippen MR) is 101 cm³/mol. The van der Waals surface area contributed by atoms with Gasteiger partial charge >= 0.3 is 0 Å². The lowest BCUT2D eigenvalue weighted by Crippen LogP contribution is -2.31. The minimum atomic E-state index is -0.630. The first kappa shape index (κ1) is 18.3. The number of pyridine rings is 1. The standard InChI is InChI=1S/C20H16F2N2O.ClH/c1-20(2)11-24-17(14-6-4-8-16(22)19(14)25-20)13-9-12-5-3-7-15(21)18(12)23-10-13;/h3-10H,11H2,1-2H3;1H. The van der Waals surface area contributed by atoms with Crippen LogP contribution in [-0.2, 0) is 0 Å². The van der Waals surface area contributed by atoms with Crippen molar-refractivity contribution in [2.75, 3.05) is 6.54 Å². The molecule has 134 valence electrons. The summed E-state index contributed by atoms with van der Waals surface area (Å²) in [6.45, 7) is 4.10. The van der Waals surface area contributed by atoms with E-state index in [2.05, 4.69) is 9.98 Å². The van der Waals surface area contributed by atoms with Gasteiger partial charge in [-0.05, 0) is 38.1 Å². The maximum atomic E-state index is 14.3. The zero-order valence-electron chi connectivity index (χ0n) is 14.3. The van der Waals surface area contributed by atoms with Crippen LogP contribution in [0.2, 0.25) is 0 Å². The van der Waals surface area contributed by atoms with Crippen LogP contribution in [0, 0.1) is 11.6 Å². The molecule has 0 N–H and O–H groups in total. The summed E-state index contributed by atoms with van der Waals surface area (Å²) in [4.78, 5) is 8.88. The van der Waals surface area contributed by atoms with E-state index >= 15 is 0 Å². The van der Waals surface area contributed by atoms with Crippen molar-refractivity contribution in [1.82, 2.24) is 4.98 Å². The number of benzene rings is 2. The van der Waals surface area contributed by atoms with Crippen molar-refractivity contribution in [3.8, 4) is 5.75 Å². The molecule has 1 aliphatic heterocycles. The summed E-state index contributed by atoms with van der Waals surface area (Å²) in [6, 6.07) is 11.4. The van der Waals surface area contributed by atoms with Crippen molar-refractivity contribution in [1.29, 1.82) is 0 Å². The summed E-state index contributed by atoms with van der Waals surface area (Å²) in [6.07, 6.45) is 1.57. The number of hydrogen-bond donors (Lipinski definition) is 0. The van der Waals surface area contributed by atoms with E-state index in [1.807, 2.05) is 19.9 Å². The van der Waals surface area contributed by atoms with Crippen molar-refractivity contribution in [3.63, 3.8) is 0 Å². The summed E-state index contributed by atoms with van der Waals surface area (Å²) in [5.74, 6) is -0.620. The van der Waals surface area contributed by atoms with Crippen LogP contribution >= 0.6 is 12.4 Å². The van der Waals surface area contributed by atoms with E-state index in [0.717, 1.165) is 0 Å². The van der Waals surface area contributed by atoms with Crippen molar-refractivity contribution < 1.29 is 13.5 Å². The Morgan fingerprint density at radius 1 is 1.04 bits per heavy atom. The van der Waals surface area contributed by atoms with Crippen LogP contribution in [0.3, 0.4) is 0 Å². The van der Waals surface area contributed by atoms with Gasteiger partial charge < -0.3 is 4.74 Å². The molecule has 0 spiro atoms. The van der Waals surface area contributed by atoms with Crippen LogP contribution in [0.5, 0.6) is 5.75 Å². The van der Waals surface area contributed by atoms with Crippen LogP contribution < -0.4 is 4.74 Å². The summed E-state index contributed by atoms with van der Waals surface area (Å²) < 4.78 is 34.1. The first-order chi connectivity index (χ1) is 11.9. The zero-order valence-corrected chi connectivity index (χ0v) is 15.1. The summed E-state index contributed by atoms with van der Waals surface area (Å²) >= 11 is 0. The fraction of sp³-hybridized carbons (Fsp3) is 0.200. The van der Waals surface area contributed by atoms with E-state index in [9.17, 15) is 8.78 Å². The van der Waals surface area contributed by atoms with Crippen molar-refractivity contribution in [2.45, 2.75) is 19.4 Å². The molecule has 0 bridgehead atoms. The molecular formula is C20H17ClF2N2O. The molecule has 3 nitrogen and oxygen atoms in total. The van der Waals surface area contributed by atoms with E-state index in [1.54, 1.807) is 30.5 Å². The zero-order chi connectivity index (χ0) is 17.6. The molecule has 0 radical (unpaired) electrons. The van der Waals surface area contributed by atoms with Gasteiger partial charge in [-0.1, -0.05) is 18.2 Å². The first-order valence-electron chi connectivity index (χ1n) is 8.02. The fourth-order valence-corrected chi connectivity index (χ4v) is 2.96. The third kappa shape index (κ3) is 3.15. The lowest BCUT2D eigenvalue weighted by molar-refractivity contribution is 0.115. The van der Waals surface area contributed by atoms with Gasteiger partial charge in [0.2, 0.25) is 0 Å². The average molecular weight is 375 g/mol. The molecule has 26 heavy (non-hydrogen) atoms. The molecule has 1 aromatic heterocycles. The minimum absolute atomic E-state index is 0. The Balaban J connectivity index is 0.00000196. The number of hydrogen-bond acceptors (Lipinski definition) is 3. The predicted octanol–water partition coefficient (Wildman–Crippen LogP) is 4.94. The van der Waals surface area contributed by atoms with E-state index in [0.29, 0.717) is 34.3 Å². The maximum Gasteiger partial charge on any atom is 0.165 e. The topological polar surface area (TPSA) is 34.5 Å². The van der Waals surface area contributed by atoms with E-state index in [4.69, 9.17) is 4.74 Å². The monoisotopic (exact) mass is 374 g/mol. The third-order valence-corrected chi connectivity index (χ3v) is 4.15. The van der Waals surface area contributed by atoms with Gasteiger partial charge in [-0.15, -0.1) is 12.4 Å². The maximum absolute atomic E-state index is 14.3. The highest BCUT2D eigenvalue weighted by Gasteiger charge is 2.29. The Labute approximate surface area is 156 Å². The number of halogens is 3. The van der Waals surface area contributed by atoms with Gasteiger partial charge in [-0.3, -0.25) is 9.98 Å². The van der Waals surface area contributed by atoms with Gasteiger partial charge in [0.15, 0.2) is 11.6 Å². The van der Waals surface area contributed by atoms with Gasteiger partial charge in [0.05, 0.1) is 12.3 Å². The fourth-order valence-electron chi connectivity index (χ4n) is 2.96. The van der Waals surface area contributed by atoms with Gasteiger partial charge in [-0.25, -0.2) is 8.78 Å². The minimum Gasteiger partial charge on any atom is -0.482 e. The Morgan fingerprint density at radius 3 is 2.58 bits per heavy atom. The van der Waals surface area contributed by atoms with E-state index in [1.165, 1.54) is 12.1 Å². The SMILES string of the molecule is CC1(C)CN=C(c2cnc3c(F)cccc3c2)c2cccc(F)c2O1.Cl. The lowest BCUT2D eigenvalue weighted by atomic mass is 10.0. The highest BCUT2D eigenvalue weighted by molar-refractivity contribution is 6.15. The summed E-state index contributed by atoms with van der Waals surface area (Å²) in [5, 5.41) is 0.669. The van der Waals surface area contributed by atoms with Crippen molar-refractivity contribution in [3.05, 3.63) is 71.4 Å². The molecule has 0 amide bonds. The lowest BCUT2D eigenvalue weighted by Gasteiger charge is -2.23. The number of fused-ring (bicyclic) bond motifs is 2. The molecule has 3 aromatic rings. The third-order valence-electron chi connectivity index (χ3n) is 4.15. The van der Waals surface area contributed by atoms with Gasteiger partial charge in [0.1, 0.15) is 16.9 Å². The molecule has 6 heteroatoms. The van der Waals surface area contributed by atoms with Crippen molar-refractivity contribution in [2.24, 2.45) is 4.99 Å². The van der Waals surface area contributed by atoms with Crippen molar-refractivity contribution >= 4 is 29.0 Å². The van der Waals surface area contributed by atoms with Crippen LogP contribution in [0.1, 0.15) is 25.0 Å². The molecule has 2 aromatic carbocycles. The molecule has 4 rings (SSSR count). The molecule has 0 aliphatic carbocycles. The number of rotatable bonds is 1. The molecule has 0 saturated carbocycles. The molecule has 0 unspecified atom stereocenters. The molecule has 0 atom stereocenters. The van der Waals surface area contributed by atoms with E-state index < -0.39 is 11.4 Å². The second-order valence-corrected chi connectivity index (χ2v) is 6.68. The van der Waals surface area contributed by atoms with Crippen LogP contribution in [0.15, 0.2) is 53.7 Å². The Bertz CT molecular complexity index is 1020. The number of aromatic nitrogens is 1. The highest BCUT2D eigenvalue weighted by Crippen LogP contribution is 2.32. The van der Waals surface area contributed by atoms with Crippen LogP contribution in [-0.4, -0.2) is 22.8 Å². The number of para-hydroxylation sites is 2. The second kappa shape index (κ2) is 6.65. The average Bonchev–Trinajstić information content (AvgIpc) is 2.71. The quantitative estimate of drug-likeness (QED) is 0.604. The smallest absolute Gasteiger partial charge is 0.165 e. The number of ether oxygens (including phenoxy) is 1. The Morgan fingerprint density at radius 2 is 1.77 bits per heavy atom. The number of aliphatic imine (C=N–C) groups is 1. The Hall–Kier alpha value is -2.53. The van der Waals surface area contributed by atoms with Gasteiger partial charge in [0, 0.05) is 22.7 Å². The van der Waals surface area contributed by atoms with Crippen LogP contribution in [0.4, 0.5) is 8.78 Å². The molecule has 0 fully saturated rings. The number of nitrogens with zero attached hydrogens (tertiary/aromatic N) is 2. The molecule has 0 saturated heterocycles. The second-order valence-electron chi connectivity index (χ2n) is 6.68. The highest BCUT2D eigenvalue weighted by atomic mass is 35.5.